The van der Waals surface area contributed by atoms with E-state index in [0.717, 1.165) is 30.2 Å². The Morgan fingerprint density at radius 3 is 2.44 bits per heavy atom. The van der Waals surface area contributed by atoms with Crippen LogP contribution in [-0.2, 0) is 0 Å². The molecule has 18 heavy (non-hydrogen) atoms. The van der Waals surface area contributed by atoms with E-state index < -0.39 is 6.10 Å². The molecule has 0 saturated heterocycles. The van der Waals surface area contributed by atoms with Crippen molar-refractivity contribution in [3.05, 3.63) is 27.7 Å². The summed E-state index contributed by atoms with van der Waals surface area (Å²) in [4.78, 5) is 0. The summed E-state index contributed by atoms with van der Waals surface area (Å²) in [6, 6.07) is 3.41. The van der Waals surface area contributed by atoms with E-state index in [9.17, 15) is 5.11 Å². The third-order valence-electron chi connectivity index (χ3n) is 4.32. The number of aliphatic hydroxyl groups is 1. The Hall–Kier alpha value is -0.440. The highest BCUT2D eigenvalue weighted by Crippen LogP contribution is 2.57. The largest absolute Gasteiger partial charge is 0.495 e. The van der Waals surface area contributed by atoms with Crippen molar-refractivity contribution < 1.29 is 9.84 Å². The molecule has 1 aromatic carbocycles. The van der Waals surface area contributed by atoms with Gasteiger partial charge in [-0.1, -0.05) is 23.2 Å². The first-order valence-corrected chi connectivity index (χ1v) is 7.06. The van der Waals surface area contributed by atoms with Gasteiger partial charge in [-0.3, -0.25) is 0 Å². The van der Waals surface area contributed by atoms with Crippen LogP contribution in [0.4, 0.5) is 0 Å². The van der Waals surface area contributed by atoms with Gasteiger partial charge in [0.05, 0.1) is 23.3 Å². The first-order valence-electron chi connectivity index (χ1n) is 6.31. The number of aliphatic hydroxyl groups excluding tert-OH is 1. The van der Waals surface area contributed by atoms with Crippen LogP contribution in [0.5, 0.6) is 5.75 Å². The average Bonchev–Trinajstić information content (AvgIpc) is 2.97. The lowest BCUT2D eigenvalue weighted by Crippen LogP contribution is -2.11. The van der Waals surface area contributed by atoms with Gasteiger partial charge in [0.2, 0.25) is 0 Å². The van der Waals surface area contributed by atoms with Gasteiger partial charge in [0, 0.05) is 11.6 Å². The Bertz CT molecular complexity index is 465. The maximum absolute atomic E-state index is 10.4. The second-order valence-electron chi connectivity index (χ2n) is 5.44. The molecule has 1 aromatic rings. The molecule has 4 heteroatoms. The number of fused-ring (bicyclic) bond motifs is 1. The second kappa shape index (κ2) is 4.59. The van der Waals surface area contributed by atoms with Gasteiger partial charge in [0.1, 0.15) is 5.75 Å². The van der Waals surface area contributed by atoms with Crippen LogP contribution in [0.3, 0.4) is 0 Å². The number of rotatable bonds is 3. The zero-order chi connectivity index (χ0) is 12.9. The Morgan fingerprint density at radius 1 is 1.17 bits per heavy atom. The van der Waals surface area contributed by atoms with Crippen molar-refractivity contribution in [3.8, 4) is 5.75 Å². The molecule has 2 saturated carbocycles. The fourth-order valence-electron chi connectivity index (χ4n) is 3.20. The van der Waals surface area contributed by atoms with E-state index in [4.69, 9.17) is 27.9 Å². The van der Waals surface area contributed by atoms with E-state index in [0.29, 0.717) is 21.7 Å². The summed E-state index contributed by atoms with van der Waals surface area (Å²) < 4.78 is 5.11. The van der Waals surface area contributed by atoms with Crippen molar-refractivity contribution in [2.75, 3.05) is 7.11 Å². The minimum Gasteiger partial charge on any atom is -0.495 e. The number of hydrogen-bond donors (Lipinski definition) is 1. The summed E-state index contributed by atoms with van der Waals surface area (Å²) >= 11 is 12.3. The molecule has 3 unspecified atom stereocenters. The maximum Gasteiger partial charge on any atom is 0.138 e. The highest BCUT2D eigenvalue weighted by Gasteiger charge is 2.48. The van der Waals surface area contributed by atoms with Crippen LogP contribution >= 0.6 is 23.2 Å². The van der Waals surface area contributed by atoms with Gasteiger partial charge in [-0.2, -0.15) is 0 Å². The Kier molecular flexibility index (Phi) is 3.21. The van der Waals surface area contributed by atoms with E-state index in [1.165, 1.54) is 6.42 Å². The lowest BCUT2D eigenvalue weighted by atomic mass is 9.91. The summed E-state index contributed by atoms with van der Waals surface area (Å²) in [5, 5.41) is 11.5. The molecule has 0 radical (unpaired) electrons. The van der Waals surface area contributed by atoms with E-state index in [-0.39, 0.29) is 0 Å². The molecule has 2 fully saturated rings. The topological polar surface area (TPSA) is 29.5 Å². The number of methoxy groups -OCH3 is 1. The van der Waals surface area contributed by atoms with E-state index in [2.05, 4.69) is 0 Å². The van der Waals surface area contributed by atoms with Gasteiger partial charge in [-0.25, -0.2) is 0 Å². The zero-order valence-electron chi connectivity index (χ0n) is 10.2. The van der Waals surface area contributed by atoms with Crippen molar-refractivity contribution >= 4 is 23.2 Å². The predicted octanol–water partition coefficient (Wildman–Crippen LogP) is 4.08. The molecular weight excluding hydrogens is 271 g/mol. The molecule has 2 aliphatic rings. The summed E-state index contributed by atoms with van der Waals surface area (Å²) in [6.45, 7) is 0. The number of halogens is 2. The molecule has 3 atom stereocenters. The van der Waals surface area contributed by atoms with Crippen LogP contribution in [0, 0.1) is 17.8 Å². The first kappa shape index (κ1) is 12.6. The fraction of sp³-hybridized carbons (Fsp3) is 0.571. The maximum atomic E-state index is 10.4. The molecule has 0 aromatic heterocycles. The lowest BCUT2D eigenvalue weighted by Gasteiger charge is -2.21. The smallest absolute Gasteiger partial charge is 0.138 e. The summed E-state index contributed by atoms with van der Waals surface area (Å²) in [5.74, 6) is 2.57. The quantitative estimate of drug-likeness (QED) is 0.907. The van der Waals surface area contributed by atoms with Gasteiger partial charge in [0.25, 0.3) is 0 Å². The summed E-state index contributed by atoms with van der Waals surface area (Å²) in [5.41, 5.74) is 0.730. The third kappa shape index (κ3) is 2.11. The highest BCUT2D eigenvalue weighted by atomic mass is 35.5. The van der Waals surface area contributed by atoms with E-state index in [1.54, 1.807) is 19.2 Å². The predicted molar refractivity (Wildman–Crippen MR) is 72.3 cm³/mol. The summed E-state index contributed by atoms with van der Waals surface area (Å²) in [6.07, 6.45) is 3.08. The van der Waals surface area contributed by atoms with Crippen LogP contribution in [0.15, 0.2) is 12.1 Å². The highest BCUT2D eigenvalue weighted by molar-refractivity contribution is 6.34. The van der Waals surface area contributed by atoms with Crippen LogP contribution in [0.25, 0.3) is 0 Å². The minimum atomic E-state index is -0.506. The molecule has 0 aliphatic heterocycles. The SMILES string of the molecule is COc1cc(Cl)c(C(O)C2CC3CC3C2)cc1Cl. The molecular formula is C14H16Cl2O2. The normalized spacial score (nSPS) is 31.0. The Morgan fingerprint density at radius 2 is 1.83 bits per heavy atom. The standard InChI is InChI=1S/C14H16Cl2O2/c1-18-13-6-11(15)10(5-12(13)16)14(17)9-3-7-2-8(7)4-9/h5-9,14,17H,2-4H2,1H3. The summed E-state index contributed by atoms with van der Waals surface area (Å²) in [7, 11) is 1.55. The molecule has 0 heterocycles. The fourth-order valence-corrected chi connectivity index (χ4v) is 3.72. The van der Waals surface area contributed by atoms with Crippen LogP contribution in [0.1, 0.15) is 30.9 Å². The van der Waals surface area contributed by atoms with Gasteiger partial charge < -0.3 is 9.84 Å². The zero-order valence-corrected chi connectivity index (χ0v) is 11.7. The third-order valence-corrected chi connectivity index (χ3v) is 4.94. The molecule has 3 rings (SSSR count). The average molecular weight is 287 g/mol. The minimum absolute atomic E-state index is 0.329. The monoisotopic (exact) mass is 286 g/mol. The van der Waals surface area contributed by atoms with Gasteiger partial charge in [-0.05, 0) is 43.1 Å². The lowest BCUT2D eigenvalue weighted by molar-refractivity contribution is 0.104. The second-order valence-corrected chi connectivity index (χ2v) is 6.25. The molecule has 98 valence electrons. The molecule has 2 nitrogen and oxygen atoms in total. The molecule has 0 bridgehead atoms. The van der Waals surface area contributed by atoms with E-state index >= 15 is 0 Å². The molecule has 0 spiro atoms. The van der Waals surface area contributed by atoms with Crippen molar-refractivity contribution in [2.45, 2.75) is 25.4 Å². The number of ether oxygens (including phenoxy) is 1. The van der Waals surface area contributed by atoms with Crippen molar-refractivity contribution in [2.24, 2.45) is 17.8 Å². The number of benzene rings is 1. The first-order chi connectivity index (χ1) is 8.60. The van der Waals surface area contributed by atoms with Crippen LogP contribution in [-0.4, -0.2) is 12.2 Å². The Balaban J connectivity index is 1.84. The Labute approximate surface area is 117 Å². The van der Waals surface area contributed by atoms with Crippen molar-refractivity contribution in [3.63, 3.8) is 0 Å². The molecule has 2 aliphatic carbocycles. The van der Waals surface area contributed by atoms with Crippen LogP contribution in [0.2, 0.25) is 10.0 Å². The molecule has 1 N–H and O–H groups in total. The van der Waals surface area contributed by atoms with Crippen molar-refractivity contribution in [1.82, 2.24) is 0 Å². The van der Waals surface area contributed by atoms with E-state index in [1.807, 2.05) is 0 Å². The van der Waals surface area contributed by atoms with Gasteiger partial charge in [0.15, 0.2) is 0 Å². The number of hydrogen-bond acceptors (Lipinski definition) is 2. The van der Waals surface area contributed by atoms with Crippen LogP contribution < -0.4 is 4.74 Å². The van der Waals surface area contributed by atoms with Gasteiger partial charge >= 0.3 is 0 Å². The van der Waals surface area contributed by atoms with Crippen molar-refractivity contribution in [1.29, 1.82) is 0 Å². The van der Waals surface area contributed by atoms with Gasteiger partial charge in [-0.15, -0.1) is 0 Å². The molecule has 0 amide bonds.